The normalized spacial score (nSPS) is 17.0. The number of hydrogen-bond acceptors (Lipinski definition) is 3. The topological polar surface area (TPSA) is 24.3 Å². The van der Waals surface area contributed by atoms with Crippen molar-refractivity contribution in [3.8, 4) is 0 Å². The summed E-state index contributed by atoms with van der Waals surface area (Å²) >= 11 is 0. The molecule has 3 nitrogen and oxygen atoms in total. The third-order valence-corrected chi connectivity index (χ3v) is 2.57. The second kappa shape index (κ2) is 6.46. The summed E-state index contributed by atoms with van der Waals surface area (Å²) in [5.41, 5.74) is 0.438. The van der Waals surface area contributed by atoms with Crippen LogP contribution in [0.25, 0.3) is 0 Å². The largest absolute Gasteiger partial charge is 0.379 e. The molecule has 0 radical (unpaired) electrons. The van der Waals surface area contributed by atoms with Gasteiger partial charge in [-0.15, -0.1) is 0 Å². The summed E-state index contributed by atoms with van der Waals surface area (Å²) in [5.74, 6) is 0. The van der Waals surface area contributed by atoms with E-state index in [2.05, 4.69) is 31.0 Å². The van der Waals surface area contributed by atoms with E-state index in [0.717, 1.165) is 32.8 Å². The van der Waals surface area contributed by atoms with E-state index in [-0.39, 0.29) is 0 Å². The van der Waals surface area contributed by atoms with Crippen LogP contribution in [0.5, 0.6) is 0 Å². The third kappa shape index (κ3) is 8.85. The average molecular weight is 214 g/mol. The van der Waals surface area contributed by atoms with E-state index in [9.17, 15) is 0 Å². The molecule has 1 saturated heterocycles. The van der Waals surface area contributed by atoms with Gasteiger partial charge in [-0.25, -0.2) is 0 Å². The first-order valence-corrected chi connectivity index (χ1v) is 6.09. The van der Waals surface area contributed by atoms with Crippen LogP contribution in [-0.4, -0.2) is 50.8 Å². The number of nitrogens with zero attached hydrogens (tertiary/aromatic N) is 1. The Kier molecular flexibility index (Phi) is 5.58. The van der Waals surface area contributed by atoms with Crippen molar-refractivity contribution in [2.24, 2.45) is 5.41 Å². The Bertz CT molecular complexity index is 161. The monoisotopic (exact) mass is 214 g/mol. The molecule has 0 aromatic carbocycles. The molecule has 15 heavy (non-hydrogen) atoms. The molecule has 3 heteroatoms. The van der Waals surface area contributed by atoms with Gasteiger partial charge in [0.15, 0.2) is 0 Å². The Morgan fingerprint density at radius 2 is 1.87 bits per heavy atom. The lowest BCUT2D eigenvalue weighted by molar-refractivity contribution is 0.128. The van der Waals surface area contributed by atoms with Gasteiger partial charge < -0.3 is 10.1 Å². The molecular weight excluding hydrogens is 188 g/mol. The number of hydrogen-bond donors (Lipinski definition) is 1. The Balaban J connectivity index is 1.72. The zero-order valence-corrected chi connectivity index (χ0v) is 10.5. The summed E-state index contributed by atoms with van der Waals surface area (Å²) < 4.78 is 5.51. The van der Waals surface area contributed by atoms with E-state index in [1.807, 2.05) is 0 Å². The van der Waals surface area contributed by atoms with Crippen molar-refractivity contribution in [1.29, 1.82) is 0 Å². The van der Waals surface area contributed by atoms with Crippen molar-refractivity contribution in [3.05, 3.63) is 0 Å². The van der Waals surface area contributed by atoms with Gasteiger partial charge in [-0.1, -0.05) is 20.8 Å². The molecule has 1 N–H and O–H groups in total. The van der Waals surface area contributed by atoms with Crippen LogP contribution in [0.15, 0.2) is 0 Å². The van der Waals surface area contributed by atoms with Gasteiger partial charge in [-0.2, -0.15) is 0 Å². The zero-order chi connectivity index (χ0) is 11.1. The summed E-state index contributed by atoms with van der Waals surface area (Å²) in [6, 6.07) is 0. The van der Waals surface area contributed by atoms with Crippen molar-refractivity contribution in [1.82, 2.24) is 10.2 Å². The molecule has 0 amide bonds. The molecule has 1 aliphatic rings. The highest BCUT2D eigenvalue weighted by Crippen LogP contribution is 2.16. The average Bonchev–Trinajstić information content (AvgIpc) is 2.91. The predicted octanol–water partition coefficient (Wildman–Crippen LogP) is 1.34. The molecule has 0 spiro atoms. The highest BCUT2D eigenvalue weighted by atomic mass is 16.5. The highest BCUT2D eigenvalue weighted by molar-refractivity contribution is 4.71. The van der Waals surface area contributed by atoms with Crippen LogP contribution in [0.2, 0.25) is 0 Å². The van der Waals surface area contributed by atoms with Crippen molar-refractivity contribution in [2.45, 2.75) is 27.2 Å². The van der Waals surface area contributed by atoms with Gasteiger partial charge in [0.1, 0.15) is 0 Å². The molecule has 1 fully saturated rings. The Morgan fingerprint density at radius 1 is 1.13 bits per heavy atom. The van der Waals surface area contributed by atoms with Gasteiger partial charge in [0, 0.05) is 26.2 Å². The van der Waals surface area contributed by atoms with E-state index in [0.29, 0.717) is 5.41 Å². The van der Waals surface area contributed by atoms with Crippen LogP contribution in [-0.2, 0) is 4.74 Å². The maximum atomic E-state index is 5.51. The Hall–Kier alpha value is -0.120. The molecule has 0 unspecified atom stereocenters. The minimum atomic E-state index is 0.438. The lowest BCUT2D eigenvalue weighted by Crippen LogP contribution is -2.25. The van der Waals surface area contributed by atoms with E-state index >= 15 is 0 Å². The third-order valence-electron chi connectivity index (χ3n) is 2.57. The quantitative estimate of drug-likeness (QED) is 0.487. The molecule has 0 atom stereocenters. The van der Waals surface area contributed by atoms with Crippen LogP contribution < -0.4 is 5.32 Å². The molecule has 0 aromatic rings. The van der Waals surface area contributed by atoms with Crippen LogP contribution in [0, 0.1) is 5.41 Å². The number of ether oxygens (including phenoxy) is 1. The summed E-state index contributed by atoms with van der Waals surface area (Å²) in [5, 5.41) is 3.41. The maximum absolute atomic E-state index is 5.51. The van der Waals surface area contributed by atoms with Gasteiger partial charge in [0.05, 0.1) is 13.2 Å². The smallest absolute Gasteiger partial charge is 0.0594 e. The molecule has 0 aliphatic carbocycles. The fraction of sp³-hybridized carbons (Fsp3) is 1.00. The zero-order valence-electron chi connectivity index (χ0n) is 10.5. The minimum absolute atomic E-state index is 0.438. The SMILES string of the molecule is CC(C)(C)CCNCCOCCN1CC1. The van der Waals surface area contributed by atoms with Crippen LogP contribution in [0.4, 0.5) is 0 Å². The van der Waals surface area contributed by atoms with E-state index < -0.39 is 0 Å². The van der Waals surface area contributed by atoms with Crippen LogP contribution >= 0.6 is 0 Å². The van der Waals surface area contributed by atoms with Crippen molar-refractivity contribution < 1.29 is 4.74 Å². The van der Waals surface area contributed by atoms with Crippen molar-refractivity contribution in [2.75, 3.05) is 45.9 Å². The molecule has 1 rings (SSSR count). The summed E-state index contributed by atoms with van der Waals surface area (Å²) in [6.07, 6.45) is 1.22. The van der Waals surface area contributed by atoms with E-state index in [1.165, 1.54) is 19.5 Å². The van der Waals surface area contributed by atoms with Crippen LogP contribution in [0.1, 0.15) is 27.2 Å². The molecule has 0 aromatic heterocycles. The van der Waals surface area contributed by atoms with E-state index in [1.54, 1.807) is 0 Å². The lowest BCUT2D eigenvalue weighted by atomic mass is 9.92. The predicted molar refractivity (Wildman–Crippen MR) is 64.2 cm³/mol. The molecule has 1 aliphatic heterocycles. The van der Waals surface area contributed by atoms with Gasteiger partial charge in [-0.05, 0) is 18.4 Å². The van der Waals surface area contributed by atoms with Gasteiger partial charge in [-0.3, -0.25) is 4.90 Å². The van der Waals surface area contributed by atoms with Crippen LogP contribution in [0.3, 0.4) is 0 Å². The van der Waals surface area contributed by atoms with Gasteiger partial charge in [0.25, 0.3) is 0 Å². The first-order chi connectivity index (χ1) is 7.08. The Labute approximate surface area is 94.2 Å². The fourth-order valence-corrected chi connectivity index (χ4v) is 1.32. The molecular formula is C12H26N2O. The Morgan fingerprint density at radius 3 is 2.47 bits per heavy atom. The standard InChI is InChI=1S/C12H26N2O/c1-12(2,3)4-5-13-6-10-15-11-9-14-7-8-14/h13H,4-11H2,1-3H3. The molecule has 1 heterocycles. The first-order valence-electron chi connectivity index (χ1n) is 6.09. The lowest BCUT2D eigenvalue weighted by Gasteiger charge is -2.18. The van der Waals surface area contributed by atoms with E-state index in [4.69, 9.17) is 4.74 Å². The van der Waals surface area contributed by atoms with Crippen molar-refractivity contribution >= 4 is 0 Å². The molecule has 0 saturated carbocycles. The number of nitrogens with one attached hydrogen (secondary N) is 1. The molecule has 0 bridgehead atoms. The minimum Gasteiger partial charge on any atom is -0.379 e. The van der Waals surface area contributed by atoms with Crippen molar-refractivity contribution in [3.63, 3.8) is 0 Å². The summed E-state index contributed by atoms with van der Waals surface area (Å²) in [4.78, 5) is 2.38. The second-order valence-corrected chi connectivity index (χ2v) is 5.51. The second-order valence-electron chi connectivity index (χ2n) is 5.51. The first kappa shape index (κ1) is 12.9. The summed E-state index contributed by atoms with van der Waals surface area (Å²) in [6.45, 7) is 14.3. The van der Waals surface area contributed by atoms with Gasteiger partial charge >= 0.3 is 0 Å². The maximum Gasteiger partial charge on any atom is 0.0594 e. The fourth-order valence-electron chi connectivity index (χ4n) is 1.32. The molecule has 90 valence electrons. The highest BCUT2D eigenvalue weighted by Gasteiger charge is 2.15. The summed E-state index contributed by atoms with van der Waals surface area (Å²) in [7, 11) is 0. The number of rotatable bonds is 8. The van der Waals surface area contributed by atoms with Gasteiger partial charge in [0.2, 0.25) is 0 Å².